The number of nitrogens with zero attached hydrogens (tertiary/aromatic N) is 1. The molecule has 0 fully saturated rings. The van der Waals surface area contributed by atoms with Gasteiger partial charge in [-0.15, -0.1) is 0 Å². The standard InChI is InChI=1S/C7H13N3.CH4O3S/c1-3-8-7-9-4-2-6-10(7)5-1;1-5(2,3)4/h1-6H2,(H,8,9);1H3,(H,2,3,4). The van der Waals surface area contributed by atoms with Gasteiger partial charge in [0.05, 0.1) is 36.3 Å². The van der Waals surface area contributed by atoms with Crippen molar-refractivity contribution in [2.24, 2.45) is 0 Å². The minimum Gasteiger partial charge on any atom is -0.748 e. The molecule has 0 saturated heterocycles. The fraction of sp³-hybridized carbons (Fsp3) is 0.875. The van der Waals surface area contributed by atoms with Gasteiger partial charge in [0.2, 0.25) is 0 Å². The van der Waals surface area contributed by atoms with Gasteiger partial charge < -0.3 is 4.55 Å². The number of hydrogen-bond donors (Lipinski definition) is 2. The van der Waals surface area contributed by atoms with E-state index >= 15 is 0 Å². The molecule has 0 aromatic heterocycles. The summed E-state index contributed by atoms with van der Waals surface area (Å²) in [7, 11) is -3.92. The zero-order valence-corrected chi connectivity index (χ0v) is 9.64. The average molecular weight is 235 g/mol. The van der Waals surface area contributed by atoms with Gasteiger partial charge in [-0.05, 0) is 0 Å². The number of hydrogen-bond acceptors (Lipinski definition) is 5. The summed E-state index contributed by atoms with van der Waals surface area (Å²) in [6.45, 7) is 4.74. The topological polar surface area (TPSA) is 84.3 Å². The first-order valence-electron chi connectivity index (χ1n) is 4.97. The highest BCUT2D eigenvalue weighted by atomic mass is 32.2. The minimum atomic E-state index is -3.92. The zero-order chi connectivity index (χ0) is 11.3. The summed E-state index contributed by atoms with van der Waals surface area (Å²) < 4.78 is 29.6. The van der Waals surface area contributed by atoms with Crippen molar-refractivity contribution < 1.29 is 17.5 Å². The molecule has 0 amide bonds. The summed E-state index contributed by atoms with van der Waals surface area (Å²) >= 11 is 0. The molecule has 2 heterocycles. The Morgan fingerprint density at radius 1 is 1.20 bits per heavy atom. The summed E-state index contributed by atoms with van der Waals surface area (Å²) in [5.41, 5.74) is 0. The van der Waals surface area contributed by atoms with Crippen LogP contribution in [0.25, 0.3) is 0 Å². The van der Waals surface area contributed by atoms with E-state index < -0.39 is 10.1 Å². The van der Waals surface area contributed by atoms with Gasteiger partial charge in [0, 0.05) is 19.1 Å². The molecule has 15 heavy (non-hydrogen) atoms. The summed E-state index contributed by atoms with van der Waals surface area (Å²) in [6.07, 6.45) is 3.17. The molecule has 88 valence electrons. The second-order valence-electron chi connectivity index (χ2n) is 3.60. The summed E-state index contributed by atoms with van der Waals surface area (Å²) in [6, 6.07) is 0. The highest BCUT2D eigenvalue weighted by Crippen LogP contribution is 1.95. The SMILES string of the molecule is C1CNC2=[N+](C1)CCCN2.CS(=O)(=O)[O-]. The Balaban J connectivity index is 0.000000195. The van der Waals surface area contributed by atoms with E-state index in [0.29, 0.717) is 6.26 Å². The molecule has 0 aromatic rings. The number of rotatable bonds is 0. The molecule has 0 aliphatic carbocycles. The van der Waals surface area contributed by atoms with Crippen molar-refractivity contribution in [2.45, 2.75) is 12.8 Å². The van der Waals surface area contributed by atoms with Gasteiger partial charge >= 0.3 is 5.96 Å². The Bertz CT molecular complexity index is 295. The van der Waals surface area contributed by atoms with Crippen molar-refractivity contribution in [1.29, 1.82) is 0 Å². The van der Waals surface area contributed by atoms with Gasteiger partial charge in [-0.2, -0.15) is 0 Å². The lowest BCUT2D eigenvalue weighted by atomic mass is 10.3. The third-order valence-electron chi connectivity index (χ3n) is 2.11. The molecule has 0 aromatic carbocycles. The molecule has 0 radical (unpaired) electrons. The Labute approximate surface area is 90.1 Å². The monoisotopic (exact) mass is 235 g/mol. The maximum absolute atomic E-state index is 9.08. The van der Waals surface area contributed by atoms with Crippen LogP contribution in [0.15, 0.2) is 0 Å². The summed E-state index contributed by atoms with van der Waals surface area (Å²) in [5, 5.41) is 6.70. The maximum Gasteiger partial charge on any atom is 0.345 e. The normalized spacial score (nSPS) is 20.4. The first-order chi connectivity index (χ1) is 6.97. The average Bonchev–Trinajstić information content (AvgIpc) is 2.16. The quantitative estimate of drug-likeness (QED) is 0.394. The molecule has 0 saturated carbocycles. The largest absolute Gasteiger partial charge is 0.748 e. The van der Waals surface area contributed by atoms with E-state index in [9.17, 15) is 0 Å². The molecular weight excluding hydrogens is 218 g/mol. The van der Waals surface area contributed by atoms with Crippen molar-refractivity contribution in [3.8, 4) is 0 Å². The van der Waals surface area contributed by atoms with Gasteiger partial charge in [0.1, 0.15) is 0 Å². The van der Waals surface area contributed by atoms with E-state index in [0.717, 1.165) is 13.1 Å². The van der Waals surface area contributed by atoms with E-state index in [1.165, 1.54) is 31.9 Å². The fourth-order valence-electron chi connectivity index (χ4n) is 1.57. The van der Waals surface area contributed by atoms with Crippen molar-refractivity contribution in [1.82, 2.24) is 10.6 Å². The first kappa shape index (κ1) is 12.3. The summed E-state index contributed by atoms with van der Waals surface area (Å²) in [4.78, 5) is 0. The van der Waals surface area contributed by atoms with Crippen LogP contribution in [0.5, 0.6) is 0 Å². The van der Waals surface area contributed by atoms with Crippen LogP contribution in [0.1, 0.15) is 12.8 Å². The van der Waals surface area contributed by atoms with Crippen LogP contribution in [0, 0.1) is 0 Å². The Morgan fingerprint density at radius 3 is 1.93 bits per heavy atom. The first-order valence-corrected chi connectivity index (χ1v) is 6.79. The van der Waals surface area contributed by atoms with Gasteiger partial charge in [0.25, 0.3) is 0 Å². The molecular formula is C8H17N3O3S. The molecule has 0 spiro atoms. The van der Waals surface area contributed by atoms with E-state index in [1.54, 1.807) is 0 Å². The third kappa shape index (κ3) is 5.58. The molecule has 6 nitrogen and oxygen atoms in total. The molecule has 0 atom stereocenters. The second kappa shape index (κ2) is 5.32. The lowest BCUT2D eigenvalue weighted by molar-refractivity contribution is -0.539. The molecule has 2 N–H and O–H groups in total. The maximum atomic E-state index is 9.08. The molecule has 0 unspecified atom stereocenters. The van der Waals surface area contributed by atoms with Gasteiger partial charge in [-0.3, -0.25) is 15.2 Å². The fourth-order valence-corrected chi connectivity index (χ4v) is 1.57. The van der Waals surface area contributed by atoms with Crippen LogP contribution in [0.2, 0.25) is 0 Å². The Hall–Kier alpha value is -0.820. The predicted molar refractivity (Wildman–Crippen MR) is 55.9 cm³/mol. The van der Waals surface area contributed by atoms with Gasteiger partial charge in [-0.1, -0.05) is 0 Å². The van der Waals surface area contributed by atoms with Crippen LogP contribution in [0.4, 0.5) is 0 Å². The highest BCUT2D eigenvalue weighted by molar-refractivity contribution is 7.84. The molecule has 0 bridgehead atoms. The number of guanidine groups is 1. The van der Waals surface area contributed by atoms with E-state index in [1.807, 2.05) is 0 Å². The van der Waals surface area contributed by atoms with E-state index in [-0.39, 0.29) is 0 Å². The van der Waals surface area contributed by atoms with Gasteiger partial charge in [-0.25, -0.2) is 8.42 Å². The van der Waals surface area contributed by atoms with E-state index in [4.69, 9.17) is 13.0 Å². The second-order valence-corrected chi connectivity index (χ2v) is 5.01. The third-order valence-corrected chi connectivity index (χ3v) is 2.11. The Morgan fingerprint density at radius 2 is 1.60 bits per heavy atom. The van der Waals surface area contributed by atoms with Crippen molar-refractivity contribution in [3.05, 3.63) is 0 Å². The van der Waals surface area contributed by atoms with E-state index in [2.05, 4.69) is 15.2 Å². The summed E-state index contributed by atoms with van der Waals surface area (Å²) in [5.74, 6) is 1.26. The zero-order valence-electron chi connectivity index (χ0n) is 8.82. The highest BCUT2D eigenvalue weighted by Gasteiger charge is 2.19. The van der Waals surface area contributed by atoms with Crippen molar-refractivity contribution in [3.63, 3.8) is 0 Å². The lowest BCUT2D eigenvalue weighted by Gasteiger charge is -2.22. The van der Waals surface area contributed by atoms with Crippen LogP contribution in [0.3, 0.4) is 0 Å². The van der Waals surface area contributed by atoms with Gasteiger partial charge in [0.15, 0.2) is 0 Å². The predicted octanol–water partition coefficient (Wildman–Crippen LogP) is -1.50. The molecule has 2 aliphatic rings. The van der Waals surface area contributed by atoms with Crippen LogP contribution in [-0.2, 0) is 10.1 Å². The van der Waals surface area contributed by atoms with Crippen LogP contribution < -0.4 is 10.6 Å². The van der Waals surface area contributed by atoms with Crippen molar-refractivity contribution >= 4 is 16.1 Å². The van der Waals surface area contributed by atoms with Crippen molar-refractivity contribution in [2.75, 3.05) is 32.4 Å². The molecule has 2 rings (SSSR count). The molecule has 7 heteroatoms. The molecule has 2 aliphatic heterocycles. The van der Waals surface area contributed by atoms with Crippen LogP contribution >= 0.6 is 0 Å². The minimum absolute atomic E-state index is 0.604. The Kier molecular flexibility index (Phi) is 4.34. The van der Waals surface area contributed by atoms with Crippen LogP contribution in [-0.4, -0.2) is 55.9 Å². The number of nitrogens with one attached hydrogen (secondary N) is 2. The smallest absolute Gasteiger partial charge is 0.345 e. The lowest BCUT2D eigenvalue weighted by Crippen LogP contribution is -2.52.